The van der Waals surface area contributed by atoms with E-state index in [9.17, 15) is 19.1 Å². The average Bonchev–Trinajstić information content (AvgIpc) is 3.37. The van der Waals surface area contributed by atoms with Gasteiger partial charge in [-0.05, 0) is 62.7 Å². The molecule has 4 rings (SSSR count). The van der Waals surface area contributed by atoms with Crippen molar-refractivity contribution >= 4 is 28.6 Å². The zero-order valence-corrected chi connectivity index (χ0v) is 22.9. The minimum absolute atomic E-state index is 0.0776. The molecule has 0 aromatic heterocycles. The van der Waals surface area contributed by atoms with Crippen molar-refractivity contribution in [1.82, 2.24) is 10.3 Å². The summed E-state index contributed by atoms with van der Waals surface area (Å²) in [6.45, 7) is 5.62. The van der Waals surface area contributed by atoms with Gasteiger partial charge in [-0.1, -0.05) is 43.0 Å². The lowest BCUT2D eigenvalue weighted by atomic mass is 10.0. The summed E-state index contributed by atoms with van der Waals surface area (Å²) in [4.78, 5) is 26.1. The van der Waals surface area contributed by atoms with Crippen LogP contribution in [0.4, 0.5) is 4.39 Å². The number of methoxy groups -OCH3 is 1. The lowest BCUT2D eigenvalue weighted by Crippen LogP contribution is -2.44. The number of thioether (sulfide) groups is 1. The number of halogens is 1. The monoisotopic (exact) mass is 551 g/mol. The number of carbonyl (C=O) groups excluding carboxylic acids is 2. The largest absolute Gasteiger partial charge is 0.507 e. The zero-order valence-electron chi connectivity index (χ0n) is 22.1. The van der Waals surface area contributed by atoms with Crippen LogP contribution in [0.2, 0.25) is 0 Å². The molecule has 0 saturated heterocycles. The molecule has 0 aliphatic carbocycles. The van der Waals surface area contributed by atoms with E-state index in [0.29, 0.717) is 27.7 Å². The molecule has 0 bridgehead atoms. The smallest absolute Gasteiger partial charge is 0.279 e. The Morgan fingerprint density at radius 2 is 1.82 bits per heavy atom. The van der Waals surface area contributed by atoms with Crippen LogP contribution in [0.15, 0.2) is 71.8 Å². The molecule has 39 heavy (non-hydrogen) atoms. The van der Waals surface area contributed by atoms with Crippen LogP contribution in [0.5, 0.6) is 17.2 Å². The summed E-state index contributed by atoms with van der Waals surface area (Å²) in [5.74, 6) is -0.714. The number of aromatic hydroxyl groups is 1. The van der Waals surface area contributed by atoms with E-state index in [4.69, 9.17) is 9.47 Å². The van der Waals surface area contributed by atoms with Gasteiger partial charge in [0.05, 0.1) is 12.7 Å². The van der Waals surface area contributed by atoms with Crippen LogP contribution < -0.4 is 14.8 Å². The highest BCUT2D eigenvalue weighted by Gasteiger charge is 2.37. The summed E-state index contributed by atoms with van der Waals surface area (Å²) < 4.78 is 25.1. The first-order valence-electron chi connectivity index (χ1n) is 12.4. The molecule has 1 unspecified atom stereocenters. The van der Waals surface area contributed by atoms with E-state index < -0.39 is 11.3 Å². The van der Waals surface area contributed by atoms with Crippen LogP contribution in [0, 0.1) is 5.82 Å². The molecule has 0 saturated carbocycles. The van der Waals surface area contributed by atoms with Gasteiger partial charge in [0.15, 0.2) is 18.1 Å². The third-order valence-electron chi connectivity index (χ3n) is 6.28. The maximum atomic E-state index is 13.6. The van der Waals surface area contributed by atoms with Gasteiger partial charge in [0, 0.05) is 16.7 Å². The number of phenols is 1. The number of hydrogen-bond acceptors (Lipinski definition) is 7. The predicted molar refractivity (Wildman–Crippen MR) is 149 cm³/mol. The van der Waals surface area contributed by atoms with E-state index >= 15 is 0 Å². The molecule has 2 amide bonds. The Morgan fingerprint density at radius 3 is 2.49 bits per heavy atom. The Balaban J connectivity index is 1.68. The number of benzene rings is 3. The molecule has 0 radical (unpaired) electrons. The number of nitrogens with one attached hydrogen (secondary N) is 1. The molecule has 0 spiro atoms. The molecule has 1 aliphatic rings. The lowest BCUT2D eigenvalue weighted by molar-refractivity contribution is -0.124. The van der Waals surface area contributed by atoms with Gasteiger partial charge >= 0.3 is 0 Å². The second kappa shape index (κ2) is 11.8. The fourth-order valence-corrected chi connectivity index (χ4v) is 5.05. The van der Waals surface area contributed by atoms with Crippen LogP contribution in [-0.4, -0.2) is 46.2 Å². The molecule has 10 heteroatoms. The van der Waals surface area contributed by atoms with E-state index in [1.165, 1.54) is 48.1 Å². The fourth-order valence-electron chi connectivity index (χ4n) is 3.88. The van der Waals surface area contributed by atoms with Crippen molar-refractivity contribution in [2.24, 2.45) is 5.10 Å². The van der Waals surface area contributed by atoms with E-state index in [2.05, 4.69) is 10.4 Å². The minimum Gasteiger partial charge on any atom is -0.507 e. The third kappa shape index (κ3) is 6.34. The molecule has 8 nitrogen and oxygen atoms in total. The molecule has 2 N–H and O–H groups in total. The van der Waals surface area contributed by atoms with Crippen LogP contribution >= 0.6 is 11.8 Å². The van der Waals surface area contributed by atoms with E-state index in [0.717, 1.165) is 6.42 Å². The van der Waals surface area contributed by atoms with Crippen LogP contribution in [0.3, 0.4) is 0 Å². The first kappa shape index (κ1) is 28.0. The molecular weight excluding hydrogens is 521 g/mol. The second-order valence-electron chi connectivity index (χ2n) is 9.50. The maximum absolute atomic E-state index is 13.6. The number of carbonyl (C=O) groups is 2. The van der Waals surface area contributed by atoms with Crippen molar-refractivity contribution in [3.8, 4) is 17.2 Å². The van der Waals surface area contributed by atoms with Gasteiger partial charge in [-0.3, -0.25) is 9.59 Å². The van der Waals surface area contributed by atoms with Crippen molar-refractivity contribution in [2.75, 3.05) is 13.7 Å². The highest BCUT2D eigenvalue weighted by atomic mass is 32.2. The molecule has 3 aromatic rings. The molecule has 1 aliphatic heterocycles. The topological polar surface area (TPSA) is 100 Å². The molecule has 3 aromatic carbocycles. The molecule has 204 valence electrons. The third-order valence-corrected chi connectivity index (χ3v) is 7.50. The number of phenolic OH excluding ortho intramolecular Hbond substituents is 1. The van der Waals surface area contributed by atoms with Gasteiger partial charge in [0.2, 0.25) is 0 Å². The Bertz CT molecular complexity index is 1390. The fraction of sp³-hybridized carbons (Fsp3) is 0.276. The number of hydrogen-bond donors (Lipinski definition) is 2. The number of hydrazone groups is 1. The van der Waals surface area contributed by atoms with Crippen LogP contribution in [0.1, 0.15) is 54.1 Å². The van der Waals surface area contributed by atoms with Crippen LogP contribution in [-0.2, 0) is 4.79 Å². The molecule has 1 heterocycles. The number of ether oxygens (including phenoxy) is 2. The normalized spacial score (nSPS) is 15.1. The van der Waals surface area contributed by atoms with Gasteiger partial charge < -0.3 is 19.9 Å². The van der Waals surface area contributed by atoms with Gasteiger partial charge in [-0.25, -0.2) is 9.40 Å². The van der Waals surface area contributed by atoms with Crippen molar-refractivity contribution in [3.63, 3.8) is 0 Å². The quantitative estimate of drug-likeness (QED) is 0.366. The number of rotatable bonds is 9. The Kier molecular flexibility index (Phi) is 8.44. The average molecular weight is 552 g/mol. The highest BCUT2D eigenvalue weighted by molar-refractivity contribution is 8.14. The predicted octanol–water partition coefficient (Wildman–Crippen LogP) is 5.47. The standard InChI is InChI=1S/C29H30FN3O5S/c1-5-29(2,3)31-24(35)17-38-23-12-8-10-21(25(23)37-4)28-33(27(36)20-9-6-7-11-22(20)34)32-26(39-28)18-13-15-19(30)16-14-18/h6-16,28,34H,5,17H2,1-4H3,(H,31,35). The van der Waals surface area contributed by atoms with Crippen molar-refractivity contribution in [3.05, 3.63) is 89.2 Å². The summed E-state index contributed by atoms with van der Waals surface area (Å²) in [7, 11) is 1.47. The first-order chi connectivity index (χ1) is 18.6. The summed E-state index contributed by atoms with van der Waals surface area (Å²) in [6.07, 6.45) is 0.758. The van der Waals surface area contributed by atoms with E-state index in [-0.39, 0.29) is 35.2 Å². The van der Waals surface area contributed by atoms with Gasteiger partial charge in [-0.15, -0.1) is 0 Å². The molecule has 1 atom stereocenters. The van der Waals surface area contributed by atoms with Gasteiger partial charge in [0.1, 0.15) is 22.0 Å². The van der Waals surface area contributed by atoms with E-state index in [1.54, 1.807) is 42.5 Å². The SMILES string of the molecule is CCC(C)(C)NC(=O)COc1cccc(C2SC(c3ccc(F)cc3)=NN2C(=O)c2ccccc2O)c1OC. The Labute approximate surface area is 230 Å². The zero-order chi connectivity index (χ0) is 28.2. The summed E-state index contributed by atoms with van der Waals surface area (Å²) in [5.41, 5.74) is 0.901. The van der Waals surface area contributed by atoms with Crippen molar-refractivity contribution in [1.29, 1.82) is 0 Å². The number of amides is 2. The molecule has 0 fully saturated rings. The Hall–Kier alpha value is -4.05. The van der Waals surface area contributed by atoms with Gasteiger partial charge in [0.25, 0.3) is 11.8 Å². The minimum atomic E-state index is -0.705. The van der Waals surface area contributed by atoms with Crippen LogP contribution in [0.25, 0.3) is 0 Å². The van der Waals surface area contributed by atoms with E-state index in [1.807, 2.05) is 20.8 Å². The second-order valence-corrected chi connectivity index (χ2v) is 10.6. The summed E-state index contributed by atoms with van der Waals surface area (Å²) >= 11 is 1.27. The molecular formula is C29H30FN3O5S. The van der Waals surface area contributed by atoms with Crippen molar-refractivity contribution in [2.45, 2.75) is 38.1 Å². The van der Waals surface area contributed by atoms with Gasteiger partial charge in [-0.2, -0.15) is 5.10 Å². The number of nitrogens with zero attached hydrogens (tertiary/aromatic N) is 2. The maximum Gasteiger partial charge on any atom is 0.279 e. The first-order valence-corrected chi connectivity index (χ1v) is 13.2. The summed E-state index contributed by atoms with van der Waals surface area (Å²) in [6, 6.07) is 17.2. The number of para-hydroxylation sites is 2. The highest BCUT2D eigenvalue weighted by Crippen LogP contribution is 2.47. The summed E-state index contributed by atoms with van der Waals surface area (Å²) in [5, 5.41) is 18.9. The Morgan fingerprint density at radius 1 is 1.10 bits per heavy atom. The lowest BCUT2D eigenvalue weighted by Gasteiger charge is -2.25. The van der Waals surface area contributed by atoms with Crippen molar-refractivity contribution < 1.29 is 28.6 Å².